The zero-order valence-corrected chi connectivity index (χ0v) is 17.0. The number of ether oxygens (including phenoxy) is 1. The molecule has 1 heterocycles. The van der Waals surface area contributed by atoms with Crippen molar-refractivity contribution < 1.29 is 14.5 Å². The minimum absolute atomic E-state index is 0.0508. The van der Waals surface area contributed by atoms with Crippen LogP contribution < -0.4 is 9.75 Å². The fourth-order valence-electron chi connectivity index (χ4n) is 3.23. The molecule has 0 spiro atoms. The van der Waals surface area contributed by atoms with Crippen LogP contribution in [0.15, 0.2) is 83.5 Å². The normalized spacial score (nSPS) is 14.6. The third kappa shape index (κ3) is 4.06. The van der Waals surface area contributed by atoms with Gasteiger partial charge in [-0.15, -0.1) is 0 Å². The molecule has 0 fully saturated rings. The number of non-ortho nitro benzene ring substituents is 1. The van der Waals surface area contributed by atoms with E-state index in [1.54, 1.807) is 25.3 Å². The van der Waals surface area contributed by atoms with Gasteiger partial charge in [-0.3, -0.25) is 14.9 Å². The van der Waals surface area contributed by atoms with Crippen molar-refractivity contribution in [2.45, 2.75) is 6.92 Å². The Labute approximate surface area is 179 Å². The number of nitro groups is 1. The fourth-order valence-corrected chi connectivity index (χ4v) is 3.23. The number of nitro benzene ring substituents is 1. The lowest BCUT2D eigenvalue weighted by atomic mass is 10.00. The number of hydrogen-bond donors (Lipinski definition) is 0. The first-order valence-corrected chi connectivity index (χ1v) is 9.57. The van der Waals surface area contributed by atoms with E-state index in [2.05, 4.69) is 5.10 Å². The molecule has 7 nitrogen and oxygen atoms in total. The molecular formula is C24H19N3O4. The van der Waals surface area contributed by atoms with Crippen molar-refractivity contribution in [3.8, 4) is 5.75 Å². The van der Waals surface area contributed by atoms with E-state index in [-0.39, 0.29) is 11.6 Å². The Hall–Kier alpha value is -4.26. The number of anilines is 1. The Bertz CT molecular complexity index is 1200. The minimum Gasteiger partial charge on any atom is -0.497 e. The van der Waals surface area contributed by atoms with Crippen LogP contribution in [0.2, 0.25) is 0 Å². The van der Waals surface area contributed by atoms with Gasteiger partial charge < -0.3 is 4.74 Å². The van der Waals surface area contributed by atoms with E-state index in [0.717, 1.165) is 16.7 Å². The second kappa shape index (κ2) is 8.23. The van der Waals surface area contributed by atoms with Gasteiger partial charge in [0.1, 0.15) is 11.5 Å². The van der Waals surface area contributed by atoms with Gasteiger partial charge in [0.15, 0.2) is 0 Å². The lowest BCUT2D eigenvalue weighted by Gasteiger charge is -2.11. The summed E-state index contributed by atoms with van der Waals surface area (Å²) in [6.45, 7) is 2.00. The SMILES string of the molecule is COc1ccc(C2=NN(c3ccc([N+](=O)[O-])cc3)C(=O)C2=Cc2ccc(C)cc2)cc1. The topological polar surface area (TPSA) is 85.0 Å². The molecule has 0 radical (unpaired) electrons. The van der Waals surface area contributed by atoms with Crippen LogP contribution in [0.3, 0.4) is 0 Å². The van der Waals surface area contributed by atoms with Gasteiger partial charge in [-0.2, -0.15) is 10.1 Å². The van der Waals surface area contributed by atoms with Crippen LogP contribution in [0.4, 0.5) is 11.4 Å². The predicted octanol–water partition coefficient (Wildman–Crippen LogP) is 4.75. The summed E-state index contributed by atoms with van der Waals surface area (Å²) < 4.78 is 5.22. The first-order valence-electron chi connectivity index (χ1n) is 9.57. The minimum atomic E-state index is -0.482. The lowest BCUT2D eigenvalue weighted by molar-refractivity contribution is -0.384. The smallest absolute Gasteiger partial charge is 0.281 e. The predicted molar refractivity (Wildman–Crippen MR) is 119 cm³/mol. The Morgan fingerprint density at radius 3 is 2.19 bits per heavy atom. The average Bonchev–Trinajstić information content (AvgIpc) is 3.11. The second-order valence-electron chi connectivity index (χ2n) is 7.04. The van der Waals surface area contributed by atoms with Gasteiger partial charge in [-0.25, -0.2) is 0 Å². The molecule has 0 atom stereocenters. The third-order valence-electron chi connectivity index (χ3n) is 4.93. The van der Waals surface area contributed by atoms with Crippen molar-refractivity contribution in [3.63, 3.8) is 0 Å². The van der Waals surface area contributed by atoms with Crippen LogP contribution in [0, 0.1) is 17.0 Å². The quantitative estimate of drug-likeness (QED) is 0.343. The Kier molecular flexibility index (Phi) is 5.32. The molecule has 0 saturated carbocycles. The highest BCUT2D eigenvalue weighted by Crippen LogP contribution is 2.29. The van der Waals surface area contributed by atoms with E-state index in [0.29, 0.717) is 22.7 Å². The van der Waals surface area contributed by atoms with E-state index < -0.39 is 4.92 Å². The fraction of sp³-hybridized carbons (Fsp3) is 0.0833. The molecule has 1 aliphatic heterocycles. The zero-order valence-electron chi connectivity index (χ0n) is 17.0. The number of aryl methyl sites for hydroxylation is 1. The van der Waals surface area contributed by atoms with Gasteiger partial charge in [0.05, 0.1) is 23.3 Å². The molecule has 0 saturated heterocycles. The first-order chi connectivity index (χ1) is 15.0. The Morgan fingerprint density at radius 1 is 0.968 bits per heavy atom. The van der Waals surface area contributed by atoms with E-state index in [1.165, 1.54) is 29.3 Å². The van der Waals surface area contributed by atoms with Crippen LogP contribution in [0.25, 0.3) is 6.08 Å². The molecule has 4 rings (SSSR count). The highest BCUT2D eigenvalue weighted by molar-refractivity contribution is 6.37. The molecule has 0 unspecified atom stereocenters. The molecule has 0 bridgehead atoms. The molecule has 3 aromatic rings. The molecule has 7 heteroatoms. The van der Waals surface area contributed by atoms with Crippen molar-refractivity contribution in [2.75, 3.05) is 12.1 Å². The summed E-state index contributed by atoms with van der Waals surface area (Å²) in [5.41, 5.74) is 4.12. The lowest BCUT2D eigenvalue weighted by Crippen LogP contribution is -2.21. The van der Waals surface area contributed by atoms with Gasteiger partial charge in [0.2, 0.25) is 0 Å². The Balaban J connectivity index is 1.78. The first kappa shape index (κ1) is 20.0. The van der Waals surface area contributed by atoms with Gasteiger partial charge in [-0.1, -0.05) is 29.8 Å². The van der Waals surface area contributed by atoms with Crippen molar-refractivity contribution in [2.24, 2.45) is 5.10 Å². The number of hydrogen-bond acceptors (Lipinski definition) is 5. The maximum Gasteiger partial charge on any atom is 0.281 e. The van der Waals surface area contributed by atoms with E-state index in [1.807, 2.05) is 43.3 Å². The van der Waals surface area contributed by atoms with Crippen LogP contribution in [-0.4, -0.2) is 23.7 Å². The molecule has 154 valence electrons. The number of carbonyl (C=O) groups excluding carboxylic acids is 1. The summed E-state index contributed by atoms with van der Waals surface area (Å²) in [5, 5.41) is 16.8. The molecule has 1 aliphatic rings. The van der Waals surface area contributed by atoms with Crippen molar-refractivity contribution >= 4 is 29.1 Å². The van der Waals surface area contributed by atoms with Crippen molar-refractivity contribution in [3.05, 3.63) is 105 Å². The van der Waals surface area contributed by atoms with Crippen LogP contribution >= 0.6 is 0 Å². The van der Waals surface area contributed by atoms with Gasteiger partial charge >= 0.3 is 0 Å². The number of amides is 1. The number of rotatable bonds is 5. The molecule has 31 heavy (non-hydrogen) atoms. The maximum absolute atomic E-state index is 13.3. The largest absolute Gasteiger partial charge is 0.497 e. The Morgan fingerprint density at radius 2 is 1.61 bits per heavy atom. The van der Waals surface area contributed by atoms with Crippen molar-refractivity contribution in [1.29, 1.82) is 0 Å². The molecular weight excluding hydrogens is 394 g/mol. The van der Waals surface area contributed by atoms with Gasteiger partial charge in [-0.05, 0) is 55.0 Å². The van der Waals surface area contributed by atoms with Crippen LogP contribution in [-0.2, 0) is 4.79 Å². The standard InChI is InChI=1S/C24H19N3O4/c1-16-3-5-17(6-4-16)15-22-23(18-7-13-21(31-2)14-8-18)25-26(24(22)28)19-9-11-20(12-10-19)27(29)30/h3-15H,1-2H3. The van der Waals surface area contributed by atoms with E-state index >= 15 is 0 Å². The number of carbonyl (C=O) groups is 1. The van der Waals surface area contributed by atoms with Gasteiger partial charge in [0.25, 0.3) is 11.6 Å². The van der Waals surface area contributed by atoms with Crippen LogP contribution in [0.5, 0.6) is 5.75 Å². The maximum atomic E-state index is 13.3. The summed E-state index contributed by atoms with van der Waals surface area (Å²) in [6.07, 6.45) is 1.80. The highest BCUT2D eigenvalue weighted by atomic mass is 16.6. The van der Waals surface area contributed by atoms with Crippen LogP contribution in [0.1, 0.15) is 16.7 Å². The summed E-state index contributed by atoms with van der Waals surface area (Å²) in [7, 11) is 1.59. The molecule has 0 N–H and O–H groups in total. The summed E-state index contributed by atoms with van der Waals surface area (Å²) in [4.78, 5) is 23.8. The zero-order chi connectivity index (χ0) is 22.0. The number of methoxy groups -OCH3 is 1. The molecule has 3 aromatic carbocycles. The highest BCUT2D eigenvalue weighted by Gasteiger charge is 2.32. The van der Waals surface area contributed by atoms with E-state index in [9.17, 15) is 14.9 Å². The van der Waals surface area contributed by atoms with Crippen molar-refractivity contribution in [1.82, 2.24) is 0 Å². The summed E-state index contributed by atoms with van der Waals surface area (Å²) >= 11 is 0. The summed E-state index contributed by atoms with van der Waals surface area (Å²) in [6, 6.07) is 20.9. The molecule has 1 amide bonds. The number of hydrazone groups is 1. The monoisotopic (exact) mass is 413 g/mol. The summed E-state index contributed by atoms with van der Waals surface area (Å²) in [5.74, 6) is 0.394. The second-order valence-corrected chi connectivity index (χ2v) is 7.04. The average molecular weight is 413 g/mol. The number of nitrogens with zero attached hydrogens (tertiary/aromatic N) is 3. The number of benzene rings is 3. The van der Waals surface area contributed by atoms with Gasteiger partial charge in [0, 0.05) is 17.7 Å². The third-order valence-corrected chi connectivity index (χ3v) is 4.93. The van der Waals surface area contributed by atoms with E-state index in [4.69, 9.17) is 4.74 Å². The molecule has 0 aliphatic carbocycles. The molecule has 0 aromatic heterocycles.